The Balaban J connectivity index is 2.08. The molecule has 1 aliphatic rings. The van der Waals surface area contributed by atoms with Crippen LogP contribution < -0.4 is 0 Å². The standard InChI is InChI=1S/C14H27NO5/c1-17-9-10-20-12-11-19-8-7-15-6-4-3-5-13(15)14(16)18-2/h13H,3-12H2,1-2H3/t13-/m1/s1. The van der Waals surface area contributed by atoms with Gasteiger partial charge in [-0.15, -0.1) is 0 Å². The van der Waals surface area contributed by atoms with Gasteiger partial charge in [0.25, 0.3) is 0 Å². The third-order valence-electron chi connectivity index (χ3n) is 3.41. The van der Waals surface area contributed by atoms with E-state index >= 15 is 0 Å². The maximum Gasteiger partial charge on any atom is 0.323 e. The minimum absolute atomic E-state index is 0.102. The summed E-state index contributed by atoms with van der Waals surface area (Å²) in [6.07, 6.45) is 3.10. The summed E-state index contributed by atoms with van der Waals surface area (Å²) in [5.74, 6) is -0.132. The second kappa shape index (κ2) is 11.0. The summed E-state index contributed by atoms with van der Waals surface area (Å²) in [6, 6.07) is -0.102. The molecule has 1 rings (SSSR count). The molecule has 1 atom stereocenters. The molecular weight excluding hydrogens is 262 g/mol. The van der Waals surface area contributed by atoms with E-state index in [0.717, 1.165) is 32.4 Å². The number of esters is 1. The number of hydrogen-bond acceptors (Lipinski definition) is 6. The number of carbonyl (C=O) groups is 1. The fourth-order valence-corrected chi connectivity index (χ4v) is 2.31. The zero-order valence-electron chi connectivity index (χ0n) is 12.6. The monoisotopic (exact) mass is 289 g/mol. The van der Waals surface area contributed by atoms with Crippen LogP contribution >= 0.6 is 0 Å². The van der Waals surface area contributed by atoms with Gasteiger partial charge in [0.1, 0.15) is 6.04 Å². The molecule has 0 N–H and O–H groups in total. The Morgan fingerprint density at radius 1 is 1.05 bits per heavy atom. The van der Waals surface area contributed by atoms with Crippen molar-refractivity contribution in [2.75, 3.05) is 60.3 Å². The van der Waals surface area contributed by atoms with Crippen molar-refractivity contribution in [3.05, 3.63) is 0 Å². The Labute approximate surface area is 121 Å². The van der Waals surface area contributed by atoms with Gasteiger partial charge >= 0.3 is 5.97 Å². The molecule has 0 aromatic rings. The largest absolute Gasteiger partial charge is 0.468 e. The minimum Gasteiger partial charge on any atom is -0.468 e. The SMILES string of the molecule is COCCOCCOCCN1CCCC[C@@H]1C(=O)OC. The average Bonchev–Trinajstić information content (AvgIpc) is 2.49. The first-order valence-electron chi connectivity index (χ1n) is 7.26. The third-order valence-corrected chi connectivity index (χ3v) is 3.41. The molecule has 20 heavy (non-hydrogen) atoms. The van der Waals surface area contributed by atoms with E-state index in [1.165, 1.54) is 7.11 Å². The summed E-state index contributed by atoms with van der Waals surface area (Å²) in [6.45, 7) is 4.65. The van der Waals surface area contributed by atoms with E-state index in [9.17, 15) is 4.79 Å². The van der Waals surface area contributed by atoms with Crippen LogP contribution in [0.3, 0.4) is 0 Å². The van der Waals surface area contributed by atoms with Crippen LogP contribution in [0.2, 0.25) is 0 Å². The van der Waals surface area contributed by atoms with E-state index in [1.807, 2.05) is 0 Å². The van der Waals surface area contributed by atoms with Crippen LogP contribution in [0, 0.1) is 0 Å². The average molecular weight is 289 g/mol. The van der Waals surface area contributed by atoms with Crippen molar-refractivity contribution in [2.24, 2.45) is 0 Å². The number of rotatable bonds is 10. The summed E-state index contributed by atoms with van der Waals surface area (Å²) in [4.78, 5) is 13.8. The van der Waals surface area contributed by atoms with Crippen LogP contribution in [0.4, 0.5) is 0 Å². The van der Waals surface area contributed by atoms with E-state index in [4.69, 9.17) is 18.9 Å². The second-order valence-corrected chi connectivity index (χ2v) is 4.79. The number of nitrogens with zero attached hydrogens (tertiary/aromatic N) is 1. The Morgan fingerprint density at radius 2 is 1.75 bits per heavy atom. The van der Waals surface area contributed by atoms with Gasteiger partial charge in [-0.3, -0.25) is 9.69 Å². The highest BCUT2D eigenvalue weighted by atomic mass is 16.5. The lowest BCUT2D eigenvalue weighted by Gasteiger charge is -2.33. The molecule has 0 spiro atoms. The number of ether oxygens (including phenoxy) is 4. The third kappa shape index (κ3) is 6.65. The second-order valence-electron chi connectivity index (χ2n) is 4.79. The van der Waals surface area contributed by atoms with E-state index < -0.39 is 0 Å². The Bertz CT molecular complexity index is 262. The summed E-state index contributed by atoms with van der Waals surface area (Å²) >= 11 is 0. The molecule has 6 nitrogen and oxygen atoms in total. The summed E-state index contributed by atoms with van der Waals surface area (Å²) < 4.78 is 20.6. The quantitative estimate of drug-likeness (QED) is 0.436. The molecular formula is C14H27NO5. The molecule has 0 bridgehead atoms. The lowest BCUT2D eigenvalue weighted by Crippen LogP contribution is -2.46. The molecule has 0 amide bonds. The van der Waals surface area contributed by atoms with E-state index in [-0.39, 0.29) is 12.0 Å². The van der Waals surface area contributed by atoms with Gasteiger partial charge in [0, 0.05) is 13.7 Å². The van der Waals surface area contributed by atoms with Gasteiger partial charge in [-0.05, 0) is 19.4 Å². The first kappa shape index (κ1) is 17.4. The van der Waals surface area contributed by atoms with Gasteiger partial charge in [-0.1, -0.05) is 6.42 Å². The molecule has 1 heterocycles. The first-order valence-corrected chi connectivity index (χ1v) is 7.26. The molecule has 0 unspecified atom stereocenters. The molecule has 1 fully saturated rings. The Morgan fingerprint density at radius 3 is 2.45 bits per heavy atom. The van der Waals surface area contributed by atoms with Crippen LogP contribution in [0.25, 0.3) is 0 Å². The highest BCUT2D eigenvalue weighted by Gasteiger charge is 2.28. The Hall–Kier alpha value is -0.690. The molecule has 6 heteroatoms. The normalized spacial score (nSPS) is 20.0. The van der Waals surface area contributed by atoms with Gasteiger partial charge in [-0.25, -0.2) is 0 Å². The molecule has 118 valence electrons. The fraction of sp³-hybridized carbons (Fsp3) is 0.929. The van der Waals surface area contributed by atoms with Crippen molar-refractivity contribution < 1.29 is 23.7 Å². The van der Waals surface area contributed by atoms with Gasteiger partial charge in [-0.2, -0.15) is 0 Å². The van der Waals surface area contributed by atoms with Crippen LogP contribution in [0.5, 0.6) is 0 Å². The molecule has 0 aromatic heterocycles. The van der Waals surface area contributed by atoms with E-state index in [2.05, 4.69) is 4.90 Å². The van der Waals surface area contributed by atoms with Crippen molar-refractivity contribution in [1.82, 2.24) is 4.90 Å². The smallest absolute Gasteiger partial charge is 0.323 e. The number of piperidine rings is 1. The van der Waals surface area contributed by atoms with Crippen molar-refractivity contribution in [3.63, 3.8) is 0 Å². The number of carbonyl (C=O) groups excluding carboxylic acids is 1. The summed E-state index contributed by atoms with van der Waals surface area (Å²) in [5, 5.41) is 0. The Kier molecular flexibility index (Phi) is 9.57. The topological polar surface area (TPSA) is 57.2 Å². The molecule has 1 saturated heterocycles. The molecule has 0 radical (unpaired) electrons. The van der Waals surface area contributed by atoms with Crippen molar-refractivity contribution >= 4 is 5.97 Å². The zero-order valence-corrected chi connectivity index (χ0v) is 12.6. The van der Waals surface area contributed by atoms with E-state index in [1.54, 1.807) is 7.11 Å². The van der Waals surface area contributed by atoms with E-state index in [0.29, 0.717) is 33.0 Å². The van der Waals surface area contributed by atoms with Crippen molar-refractivity contribution in [1.29, 1.82) is 0 Å². The lowest BCUT2D eigenvalue weighted by atomic mass is 10.0. The summed E-state index contributed by atoms with van der Waals surface area (Å²) in [7, 11) is 3.10. The molecule has 1 aliphatic heterocycles. The van der Waals surface area contributed by atoms with Crippen molar-refractivity contribution in [2.45, 2.75) is 25.3 Å². The highest BCUT2D eigenvalue weighted by molar-refractivity contribution is 5.75. The minimum atomic E-state index is -0.132. The predicted octanol–water partition coefficient (Wildman–Crippen LogP) is 0.694. The molecule has 0 aromatic carbocycles. The van der Waals surface area contributed by atoms with Crippen LogP contribution in [0.15, 0.2) is 0 Å². The molecule has 0 aliphatic carbocycles. The van der Waals surface area contributed by atoms with Crippen LogP contribution in [0.1, 0.15) is 19.3 Å². The summed E-state index contributed by atoms with van der Waals surface area (Å²) in [5.41, 5.74) is 0. The lowest BCUT2D eigenvalue weighted by molar-refractivity contribution is -0.148. The van der Waals surface area contributed by atoms with Crippen molar-refractivity contribution in [3.8, 4) is 0 Å². The number of methoxy groups -OCH3 is 2. The van der Waals surface area contributed by atoms with Crippen LogP contribution in [-0.4, -0.2) is 77.3 Å². The zero-order chi connectivity index (χ0) is 14.6. The van der Waals surface area contributed by atoms with Gasteiger partial charge in [0.05, 0.1) is 40.1 Å². The highest BCUT2D eigenvalue weighted by Crippen LogP contribution is 2.17. The predicted molar refractivity (Wildman–Crippen MR) is 74.7 cm³/mol. The number of hydrogen-bond donors (Lipinski definition) is 0. The maximum absolute atomic E-state index is 11.7. The fourth-order valence-electron chi connectivity index (χ4n) is 2.31. The van der Waals surface area contributed by atoms with Gasteiger partial charge in [0.15, 0.2) is 0 Å². The maximum atomic E-state index is 11.7. The van der Waals surface area contributed by atoms with Gasteiger partial charge in [0.2, 0.25) is 0 Å². The first-order chi connectivity index (χ1) is 9.79. The van der Waals surface area contributed by atoms with Crippen LogP contribution in [-0.2, 0) is 23.7 Å². The molecule has 0 saturated carbocycles. The number of likely N-dealkylation sites (tertiary alicyclic amines) is 1. The van der Waals surface area contributed by atoms with Gasteiger partial charge < -0.3 is 18.9 Å².